The summed E-state index contributed by atoms with van der Waals surface area (Å²) in [4.78, 5) is 19.4. The molecule has 0 spiro atoms. The summed E-state index contributed by atoms with van der Waals surface area (Å²) in [7, 11) is 0. The number of hydrogen-bond acceptors (Lipinski definition) is 3. The minimum Gasteiger partial charge on any atom is -0.444 e. The first-order valence-electron chi connectivity index (χ1n) is 12.0. The first kappa shape index (κ1) is 23.1. The van der Waals surface area contributed by atoms with Crippen molar-refractivity contribution in [1.29, 1.82) is 0 Å². The largest absolute Gasteiger partial charge is 0.444 e. The van der Waals surface area contributed by atoms with Crippen LogP contribution in [0.4, 0.5) is 4.79 Å². The van der Waals surface area contributed by atoms with E-state index < -0.39 is 5.60 Å². The van der Waals surface area contributed by atoms with Crippen molar-refractivity contribution in [1.82, 2.24) is 9.88 Å². The number of halogens is 1. The smallest absolute Gasteiger partial charge is 0.410 e. The monoisotopic (exact) mass is 454 g/mol. The van der Waals surface area contributed by atoms with Crippen LogP contribution in [0.25, 0.3) is 0 Å². The fourth-order valence-corrected chi connectivity index (χ4v) is 5.63. The maximum Gasteiger partial charge on any atom is 0.410 e. The highest BCUT2D eigenvalue weighted by Gasteiger charge is 2.37. The number of aromatic nitrogens is 1. The molecule has 1 aliphatic heterocycles. The van der Waals surface area contributed by atoms with Gasteiger partial charge in [-0.25, -0.2) is 4.79 Å². The van der Waals surface area contributed by atoms with Gasteiger partial charge in [0.25, 0.3) is 0 Å². The van der Waals surface area contributed by atoms with Gasteiger partial charge in [-0.3, -0.25) is 4.98 Å². The van der Waals surface area contributed by atoms with Crippen molar-refractivity contribution in [2.24, 2.45) is 5.92 Å². The van der Waals surface area contributed by atoms with E-state index in [4.69, 9.17) is 21.3 Å². The SMILES string of the molecule is CCCC1Cc2cc(Cl)ccc2C(C2CCN(C(=O)OC(C)(C)C)CC2)c2ncccc21. The van der Waals surface area contributed by atoms with Gasteiger partial charge in [0, 0.05) is 30.2 Å². The molecule has 1 fully saturated rings. The molecule has 1 aromatic carbocycles. The van der Waals surface area contributed by atoms with E-state index in [1.165, 1.54) is 22.4 Å². The maximum absolute atomic E-state index is 12.6. The number of carbonyl (C=O) groups excluding carboxylic acids is 1. The Bertz CT molecular complexity index is 960. The molecule has 1 saturated heterocycles. The molecule has 32 heavy (non-hydrogen) atoms. The van der Waals surface area contributed by atoms with Crippen LogP contribution in [-0.2, 0) is 11.2 Å². The third-order valence-electron chi connectivity index (χ3n) is 6.81. The molecular weight excluding hydrogens is 420 g/mol. The zero-order valence-electron chi connectivity index (χ0n) is 19.7. The molecule has 4 nitrogen and oxygen atoms in total. The molecule has 1 amide bonds. The molecule has 0 bridgehead atoms. The minimum atomic E-state index is -0.468. The summed E-state index contributed by atoms with van der Waals surface area (Å²) in [5, 5.41) is 0.802. The van der Waals surface area contributed by atoms with Gasteiger partial charge in [-0.05, 0) is 93.2 Å². The van der Waals surface area contributed by atoms with Gasteiger partial charge in [0.2, 0.25) is 0 Å². The van der Waals surface area contributed by atoms with Crippen LogP contribution in [0.1, 0.15) is 87.6 Å². The lowest BCUT2D eigenvalue weighted by molar-refractivity contribution is 0.0178. The summed E-state index contributed by atoms with van der Waals surface area (Å²) in [6, 6.07) is 10.8. The zero-order valence-corrected chi connectivity index (χ0v) is 20.5. The number of fused-ring (bicyclic) bond motifs is 2. The number of pyridine rings is 1. The van der Waals surface area contributed by atoms with Crippen LogP contribution in [0.3, 0.4) is 0 Å². The van der Waals surface area contributed by atoms with E-state index in [-0.39, 0.29) is 12.0 Å². The fourth-order valence-electron chi connectivity index (χ4n) is 5.44. The van der Waals surface area contributed by atoms with Crippen LogP contribution >= 0.6 is 11.6 Å². The van der Waals surface area contributed by atoms with Gasteiger partial charge in [-0.1, -0.05) is 37.1 Å². The van der Waals surface area contributed by atoms with Crippen molar-refractivity contribution in [3.8, 4) is 0 Å². The second-order valence-corrected chi connectivity index (χ2v) is 10.7. The molecule has 0 radical (unpaired) electrons. The number of benzene rings is 1. The Morgan fingerprint density at radius 3 is 2.62 bits per heavy atom. The second kappa shape index (κ2) is 9.43. The van der Waals surface area contributed by atoms with Crippen LogP contribution in [0.15, 0.2) is 36.5 Å². The molecule has 2 aliphatic rings. The van der Waals surface area contributed by atoms with Crippen molar-refractivity contribution in [3.63, 3.8) is 0 Å². The average Bonchev–Trinajstić information content (AvgIpc) is 2.87. The molecule has 2 atom stereocenters. The van der Waals surface area contributed by atoms with Gasteiger partial charge in [0.05, 0.1) is 5.69 Å². The Morgan fingerprint density at radius 1 is 1.19 bits per heavy atom. The van der Waals surface area contributed by atoms with E-state index in [1.54, 1.807) is 0 Å². The standard InChI is InChI=1S/C27H35ClN2O2/c1-5-7-19-16-20-17-21(28)9-10-22(20)24(25-23(19)8-6-13-29-25)18-11-14-30(15-12-18)26(31)32-27(2,3)4/h6,8-10,13,17-19,24H,5,7,11-12,14-16H2,1-4H3. The van der Waals surface area contributed by atoms with Gasteiger partial charge in [-0.2, -0.15) is 0 Å². The Kier molecular flexibility index (Phi) is 6.80. The highest BCUT2D eigenvalue weighted by molar-refractivity contribution is 6.30. The van der Waals surface area contributed by atoms with E-state index in [9.17, 15) is 4.79 Å². The van der Waals surface area contributed by atoms with E-state index >= 15 is 0 Å². The summed E-state index contributed by atoms with van der Waals surface area (Å²) < 4.78 is 5.60. The molecule has 2 unspecified atom stereocenters. The molecule has 1 aromatic heterocycles. The van der Waals surface area contributed by atoms with Crippen LogP contribution in [0.2, 0.25) is 5.02 Å². The van der Waals surface area contributed by atoms with Crippen LogP contribution in [0, 0.1) is 5.92 Å². The van der Waals surface area contributed by atoms with Crippen molar-refractivity contribution < 1.29 is 9.53 Å². The van der Waals surface area contributed by atoms with Gasteiger partial charge in [0.1, 0.15) is 5.60 Å². The zero-order chi connectivity index (χ0) is 22.9. The van der Waals surface area contributed by atoms with E-state index in [0.717, 1.165) is 50.2 Å². The number of piperidine rings is 1. The second-order valence-electron chi connectivity index (χ2n) is 10.3. The van der Waals surface area contributed by atoms with E-state index in [0.29, 0.717) is 11.8 Å². The van der Waals surface area contributed by atoms with E-state index in [2.05, 4.69) is 31.2 Å². The lowest BCUT2D eigenvalue weighted by Gasteiger charge is -2.37. The molecule has 5 heteroatoms. The number of hydrogen-bond donors (Lipinski definition) is 0. The number of rotatable bonds is 3. The molecule has 2 aromatic rings. The van der Waals surface area contributed by atoms with Crippen molar-refractivity contribution in [3.05, 3.63) is 63.9 Å². The predicted octanol–water partition coefficient (Wildman–Crippen LogP) is 6.95. The van der Waals surface area contributed by atoms with Crippen molar-refractivity contribution in [2.45, 2.75) is 77.2 Å². The van der Waals surface area contributed by atoms with Gasteiger partial charge in [-0.15, -0.1) is 0 Å². The average molecular weight is 455 g/mol. The molecule has 2 heterocycles. The molecule has 0 N–H and O–H groups in total. The number of nitrogens with zero attached hydrogens (tertiary/aromatic N) is 2. The van der Waals surface area contributed by atoms with Gasteiger partial charge in [0.15, 0.2) is 0 Å². The van der Waals surface area contributed by atoms with Crippen LogP contribution in [-0.4, -0.2) is 34.7 Å². The summed E-state index contributed by atoms with van der Waals surface area (Å²) in [5.41, 5.74) is 4.87. The molecule has 1 aliphatic carbocycles. The third-order valence-corrected chi connectivity index (χ3v) is 7.05. The van der Waals surface area contributed by atoms with Crippen LogP contribution < -0.4 is 0 Å². The Labute approximate surface area is 197 Å². The summed E-state index contributed by atoms with van der Waals surface area (Å²) in [6.45, 7) is 9.45. The Balaban J connectivity index is 1.65. The third kappa shape index (κ3) is 4.96. The van der Waals surface area contributed by atoms with E-state index in [1.807, 2.05) is 37.9 Å². The molecular formula is C27H35ClN2O2. The number of amides is 1. The van der Waals surface area contributed by atoms with Crippen LogP contribution in [0.5, 0.6) is 0 Å². The molecule has 0 saturated carbocycles. The lowest BCUT2D eigenvalue weighted by Crippen LogP contribution is -2.42. The number of ether oxygens (including phenoxy) is 1. The van der Waals surface area contributed by atoms with Gasteiger partial charge < -0.3 is 9.64 Å². The number of likely N-dealkylation sites (tertiary alicyclic amines) is 1. The molecule has 4 rings (SSSR count). The lowest BCUT2D eigenvalue weighted by atomic mass is 9.76. The quantitative estimate of drug-likeness (QED) is 0.503. The Morgan fingerprint density at radius 2 is 1.94 bits per heavy atom. The van der Waals surface area contributed by atoms with Crippen molar-refractivity contribution in [2.75, 3.05) is 13.1 Å². The summed E-state index contributed by atoms with van der Waals surface area (Å²) in [6.07, 6.45) is 6.93. The Hall–Kier alpha value is -2.07. The minimum absolute atomic E-state index is 0.203. The highest BCUT2D eigenvalue weighted by atomic mass is 35.5. The summed E-state index contributed by atoms with van der Waals surface area (Å²) >= 11 is 6.43. The molecule has 172 valence electrons. The van der Waals surface area contributed by atoms with Gasteiger partial charge >= 0.3 is 6.09 Å². The predicted molar refractivity (Wildman–Crippen MR) is 129 cm³/mol. The summed E-state index contributed by atoms with van der Waals surface area (Å²) in [5.74, 6) is 1.14. The normalized spacial score (nSPS) is 21.5. The first-order chi connectivity index (χ1) is 15.3. The highest BCUT2D eigenvalue weighted by Crippen LogP contribution is 2.46. The first-order valence-corrected chi connectivity index (χ1v) is 12.4. The van der Waals surface area contributed by atoms with Crippen molar-refractivity contribution >= 4 is 17.7 Å². The number of carbonyl (C=O) groups is 1. The maximum atomic E-state index is 12.6. The topological polar surface area (TPSA) is 42.4 Å². The fraction of sp³-hybridized carbons (Fsp3) is 0.556.